The number of piperidine rings is 4. The lowest BCUT2D eigenvalue weighted by molar-refractivity contribution is -0.135. The summed E-state index contributed by atoms with van der Waals surface area (Å²) in [6, 6.07) is 8.34. The van der Waals surface area contributed by atoms with Gasteiger partial charge in [0.15, 0.2) is 17.1 Å². The maximum absolute atomic E-state index is 16.0. The summed E-state index contributed by atoms with van der Waals surface area (Å²) >= 11 is 0. The van der Waals surface area contributed by atoms with E-state index < -0.39 is 0 Å². The van der Waals surface area contributed by atoms with Crippen molar-refractivity contribution in [2.24, 2.45) is 23.7 Å². The number of fused-ring (bicyclic) bond motifs is 6. The number of aromatic amines is 2. The first kappa shape index (κ1) is 45.1. The van der Waals surface area contributed by atoms with Gasteiger partial charge in [0.05, 0.1) is 47.7 Å². The summed E-state index contributed by atoms with van der Waals surface area (Å²) in [5.74, 6) is 2.33. The molecule has 0 spiro atoms. The second kappa shape index (κ2) is 20.3. The molecule has 13 nitrogen and oxygen atoms in total. The largest absolute Gasteiger partial charge is 0.377 e. The van der Waals surface area contributed by atoms with Gasteiger partial charge in [-0.25, -0.2) is 19.9 Å². The van der Waals surface area contributed by atoms with E-state index in [0.29, 0.717) is 29.5 Å². The van der Waals surface area contributed by atoms with Gasteiger partial charge in [0.2, 0.25) is 0 Å². The smallest absolute Gasteiger partial charge is 0.167 e. The summed E-state index contributed by atoms with van der Waals surface area (Å²) in [5, 5.41) is 4.59. The van der Waals surface area contributed by atoms with E-state index in [2.05, 4.69) is 101 Å². The van der Waals surface area contributed by atoms with Gasteiger partial charge in [-0.05, 0) is 125 Å². The molecule has 6 aromatic rings. The number of aromatic nitrogens is 6. The van der Waals surface area contributed by atoms with Crippen molar-refractivity contribution in [2.75, 3.05) is 75.4 Å². The molecule has 0 saturated carbocycles. The zero-order chi connectivity index (χ0) is 45.1. The lowest BCUT2D eigenvalue weighted by Crippen LogP contribution is -2.58. The van der Waals surface area contributed by atoms with Crippen LogP contribution in [0.2, 0.25) is 0 Å². The third kappa shape index (κ3) is 9.82. The first-order valence-electron chi connectivity index (χ1n) is 25.4. The maximum atomic E-state index is 16.0. The Morgan fingerprint density at radius 3 is 1.47 bits per heavy atom. The van der Waals surface area contributed by atoms with Crippen molar-refractivity contribution in [1.29, 1.82) is 0 Å². The summed E-state index contributed by atoms with van der Waals surface area (Å²) in [6.07, 6.45) is 22.3. The molecule has 0 amide bonds. The highest BCUT2D eigenvalue weighted by molar-refractivity contribution is 6.11. The van der Waals surface area contributed by atoms with E-state index in [1.54, 1.807) is 0 Å². The number of carbonyl (C=O) groups excluding carboxylic acids is 1. The number of rotatable bonds is 16. The normalized spacial score (nSPS) is 22.2. The molecule has 13 heteroatoms. The third-order valence-electron chi connectivity index (χ3n) is 15.3. The number of likely N-dealkylation sites (tertiary alicyclic amines) is 2. The number of ketones is 1. The van der Waals surface area contributed by atoms with E-state index >= 15 is 4.79 Å². The van der Waals surface area contributed by atoms with Gasteiger partial charge in [-0.15, -0.1) is 0 Å². The molecule has 0 aromatic carbocycles. The van der Waals surface area contributed by atoms with Gasteiger partial charge in [0.1, 0.15) is 0 Å². The average Bonchev–Trinajstić information content (AvgIpc) is 4.05. The van der Waals surface area contributed by atoms with E-state index in [4.69, 9.17) is 9.47 Å². The molecule has 0 aliphatic carbocycles. The molecule has 4 fully saturated rings. The molecule has 4 atom stereocenters. The highest BCUT2D eigenvalue weighted by atomic mass is 16.5. The number of carbonyl (C=O) groups is 1. The highest BCUT2D eigenvalue weighted by Crippen LogP contribution is 2.38. The lowest BCUT2D eigenvalue weighted by Gasteiger charge is -2.45. The number of Topliss-reactive ketones (excluding diaryl/α,β-unsaturated/α-hetero) is 1. The van der Waals surface area contributed by atoms with Crippen LogP contribution in [0.25, 0.3) is 43.9 Å². The number of nitrogens with one attached hydrogen (secondary N) is 2. The van der Waals surface area contributed by atoms with E-state index in [9.17, 15) is 0 Å². The van der Waals surface area contributed by atoms with Gasteiger partial charge >= 0.3 is 0 Å². The van der Waals surface area contributed by atoms with Crippen LogP contribution in [0.5, 0.6) is 0 Å². The number of nitrogens with zero attached hydrogens (tertiary/aromatic N) is 8. The SMILES string of the molecule is CC(C)COC1CCCN(C(CC2CCN(c3cc[nH]c4cnc5nccc5c34)CC2)C(=O)C(CC2CCN(c3cc[nH]c4cnc5nccc5c34)CC2)N2CCCC(OCC(C)C)C2)C1. The molecule has 4 saturated heterocycles. The first-order chi connectivity index (χ1) is 32.3. The fourth-order valence-electron chi connectivity index (χ4n) is 11.8. The van der Waals surface area contributed by atoms with Crippen molar-refractivity contribution in [3.8, 4) is 0 Å². The zero-order valence-electron chi connectivity index (χ0n) is 39.8. The number of anilines is 2. The van der Waals surface area contributed by atoms with Crippen molar-refractivity contribution in [3.63, 3.8) is 0 Å². The van der Waals surface area contributed by atoms with Crippen LogP contribution >= 0.6 is 0 Å². The third-order valence-corrected chi connectivity index (χ3v) is 15.3. The standard InChI is InChI=1S/C53H72N10O3/c1-35(2)33-65-39-7-5-21-62(31-39)47(27-37-13-23-60(24-14-37)45-11-19-54-43-29-58-52-41(49(43)45)9-17-56-52)51(64)48(63-22-6-8-40(32-63)66-34-36(3)4)28-38-15-25-61(26-16-38)46-12-20-55-44-30-59-53-42(50(44)46)10-18-57-53/h9-12,17-20,29-30,35-40,47-48,54-55H,5-8,13-16,21-28,31-34H2,1-4H3. The summed E-state index contributed by atoms with van der Waals surface area (Å²) in [7, 11) is 0. The predicted molar refractivity (Wildman–Crippen MR) is 265 cm³/mol. The Bertz CT molecular complexity index is 2380. The van der Waals surface area contributed by atoms with Gasteiger partial charge in [-0.3, -0.25) is 14.6 Å². The molecule has 0 radical (unpaired) electrons. The molecule has 2 N–H and O–H groups in total. The zero-order valence-corrected chi connectivity index (χ0v) is 39.8. The Labute approximate surface area is 390 Å². The number of pyridine rings is 4. The number of hydrogen-bond acceptors (Lipinski definition) is 11. The molecule has 4 aliphatic rings. The van der Waals surface area contributed by atoms with Crippen LogP contribution in [0.4, 0.5) is 11.4 Å². The highest BCUT2D eigenvalue weighted by Gasteiger charge is 2.41. The van der Waals surface area contributed by atoms with Gasteiger partial charge in [0.25, 0.3) is 0 Å². The lowest BCUT2D eigenvalue weighted by atomic mass is 9.81. The Kier molecular flexibility index (Phi) is 13.9. The van der Waals surface area contributed by atoms with Crippen molar-refractivity contribution in [2.45, 2.75) is 116 Å². The summed E-state index contributed by atoms with van der Waals surface area (Å²) in [6.45, 7) is 17.9. The van der Waals surface area contributed by atoms with Crippen LogP contribution in [-0.2, 0) is 14.3 Å². The van der Waals surface area contributed by atoms with Crippen LogP contribution in [0.1, 0.15) is 91.9 Å². The fraction of sp³-hybridized carbons (Fsp3) is 0.604. The monoisotopic (exact) mass is 897 g/mol. The molecule has 10 rings (SSSR count). The Morgan fingerprint density at radius 1 is 0.606 bits per heavy atom. The molecule has 10 heterocycles. The fourth-order valence-corrected chi connectivity index (χ4v) is 11.8. The minimum Gasteiger partial charge on any atom is -0.377 e. The topological polar surface area (TPSA) is 132 Å². The molecule has 66 heavy (non-hydrogen) atoms. The second-order valence-corrected chi connectivity index (χ2v) is 20.9. The maximum Gasteiger partial charge on any atom is 0.167 e. The predicted octanol–water partition coefficient (Wildman–Crippen LogP) is 9.03. The number of ether oxygens (including phenoxy) is 2. The number of H-pyrrole nitrogens is 2. The van der Waals surface area contributed by atoms with Gasteiger partial charge in [-0.1, -0.05) is 27.7 Å². The van der Waals surface area contributed by atoms with Crippen molar-refractivity contribution in [1.82, 2.24) is 39.7 Å². The van der Waals surface area contributed by atoms with Crippen LogP contribution in [0.3, 0.4) is 0 Å². The van der Waals surface area contributed by atoms with E-state index in [-0.39, 0.29) is 24.3 Å². The summed E-state index contributed by atoms with van der Waals surface area (Å²) < 4.78 is 13.1. The Hall–Kier alpha value is -4.69. The molecular weight excluding hydrogens is 825 g/mol. The molecule has 4 aliphatic heterocycles. The molecule has 0 bridgehead atoms. The Balaban J connectivity index is 0.899. The quantitative estimate of drug-likeness (QED) is 0.0965. The van der Waals surface area contributed by atoms with Gasteiger partial charge < -0.3 is 29.2 Å². The van der Waals surface area contributed by atoms with Crippen LogP contribution < -0.4 is 9.80 Å². The molecular formula is C53H72N10O3. The summed E-state index contributed by atoms with van der Waals surface area (Å²) in [4.78, 5) is 51.3. The van der Waals surface area contributed by atoms with Crippen molar-refractivity contribution in [3.05, 3.63) is 61.4 Å². The number of hydrogen-bond donors (Lipinski definition) is 2. The van der Waals surface area contributed by atoms with Crippen molar-refractivity contribution >= 4 is 61.0 Å². The van der Waals surface area contributed by atoms with Crippen molar-refractivity contribution < 1.29 is 14.3 Å². The second-order valence-electron chi connectivity index (χ2n) is 20.9. The first-order valence-corrected chi connectivity index (χ1v) is 25.4. The van der Waals surface area contributed by atoms with Gasteiger partial charge in [0, 0.05) is 110 Å². The van der Waals surface area contributed by atoms with E-state index in [1.807, 2.05) is 37.2 Å². The van der Waals surface area contributed by atoms with E-state index in [0.717, 1.165) is 163 Å². The summed E-state index contributed by atoms with van der Waals surface area (Å²) in [5.41, 5.74) is 6.15. The average molecular weight is 897 g/mol. The molecule has 4 unspecified atom stereocenters. The van der Waals surface area contributed by atoms with Crippen LogP contribution in [-0.4, -0.2) is 135 Å². The minimum atomic E-state index is -0.136. The van der Waals surface area contributed by atoms with Gasteiger partial charge in [-0.2, -0.15) is 0 Å². The van der Waals surface area contributed by atoms with Crippen LogP contribution in [0, 0.1) is 23.7 Å². The molecule has 352 valence electrons. The van der Waals surface area contributed by atoms with Crippen LogP contribution in [0.15, 0.2) is 61.4 Å². The minimum absolute atomic E-state index is 0.136. The molecule has 6 aromatic heterocycles. The van der Waals surface area contributed by atoms with E-state index in [1.165, 1.54) is 22.1 Å². The Morgan fingerprint density at radius 2 is 1.05 bits per heavy atom.